The first kappa shape index (κ1) is 15.8. The third-order valence-corrected chi connectivity index (χ3v) is 5.52. The zero-order chi connectivity index (χ0) is 13.9. The molecule has 1 heterocycles. The van der Waals surface area contributed by atoms with Gasteiger partial charge < -0.3 is 5.11 Å². The molecule has 1 aromatic rings. The minimum Gasteiger partial charge on any atom is -0.392 e. The highest BCUT2D eigenvalue weighted by molar-refractivity contribution is 7.91. The van der Waals surface area contributed by atoms with Gasteiger partial charge in [-0.05, 0) is 19.3 Å². The van der Waals surface area contributed by atoms with E-state index in [-0.39, 0.29) is 15.2 Å². The van der Waals surface area contributed by atoms with Gasteiger partial charge in [0, 0.05) is 6.54 Å². The molecular formula is C10H17ClN2O3S2. The number of aryl methyl sites for hydroxylation is 1. The SMILES string of the molecule is Cc1nc(Cl)sc1S(=O)(=O)NCC(O)CC(C)C. The molecule has 8 heteroatoms. The van der Waals surface area contributed by atoms with Gasteiger partial charge in [-0.25, -0.2) is 18.1 Å². The Bertz CT molecular complexity index is 499. The molecule has 0 saturated heterocycles. The molecule has 0 saturated carbocycles. The summed E-state index contributed by atoms with van der Waals surface area (Å²) in [6.07, 6.45) is -0.145. The molecule has 0 fully saturated rings. The summed E-state index contributed by atoms with van der Waals surface area (Å²) in [4.78, 5) is 3.86. The molecule has 1 rings (SSSR count). The van der Waals surface area contributed by atoms with Gasteiger partial charge in [-0.15, -0.1) is 0 Å². The van der Waals surface area contributed by atoms with E-state index in [1.54, 1.807) is 6.92 Å². The molecule has 104 valence electrons. The van der Waals surface area contributed by atoms with Crippen molar-refractivity contribution in [2.75, 3.05) is 6.54 Å². The van der Waals surface area contributed by atoms with E-state index in [4.69, 9.17) is 11.6 Å². The minimum absolute atomic E-state index is 0.00449. The number of aliphatic hydroxyl groups excluding tert-OH is 1. The van der Waals surface area contributed by atoms with Crippen molar-refractivity contribution in [3.63, 3.8) is 0 Å². The van der Waals surface area contributed by atoms with Crippen molar-refractivity contribution in [1.29, 1.82) is 0 Å². The molecule has 2 N–H and O–H groups in total. The van der Waals surface area contributed by atoms with Gasteiger partial charge in [-0.1, -0.05) is 36.8 Å². The highest BCUT2D eigenvalue weighted by Gasteiger charge is 2.22. The van der Waals surface area contributed by atoms with Crippen molar-refractivity contribution in [1.82, 2.24) is 9.71 Å². The highest BCUT2D eigenvalue weighted by Crippen LogP contribution is 2.26. The van der Waals surface area contributed by atoms with Gasteiger partial charge in [0.1, 0.15) is 0 Å². The van der Waals surface area contributed by atoms with Crippen LogP contribution >= 0.6 is 22.9 Å². The molecule has 0 bridgehead atoms. The Balaban J connectivity index is 2.69. The van der Waals surface area contributed by atoms with Gasteiger partial charge in [0.2, 0.25) is 0 Å². The normalized spacial score (nSPS) is 14.1. The maximum absolute atomic E-state index is 11.9. The highest BCUT2D eigenvalue weighted by atomic mass is 35.5. The zero-order valence-corrected chi connectivity index (χ0v) is 12.9. The van der Waals surface area contributed by atoms with Gasteiger partial charge in [0.15, 0.2) is 8.68 Å². The largest absolute Gasteiger partial charge is 0.392 e. The summed E-state index contributed by atoms with van der Waals surface area (Å²) in [6, 6.07) is 0. The lowest BCUT2D eigenvalue weighted by Crippen LogP contribution is -2.32. The van der Waals surface area contributed by atoms with Crippen LogP contribution in [0.1, 0.15) is 26.0 Å². The van der Waals surface area contributed by atoms with Crippen LogP contribution in [0, 0.1) is 12.8 Å². The van der Waals surface area contributed by atoms with Crippen LogP contribution in [0.3, 0.4) is 0 Å². The molecule has 1 unspecified atom stereocenters. The van der Waals surface area contributed by atoms with Gasteiger partial charge in [0.25, 0.3) is 10.0 Å². The lowest BCUT2D eigenvalue weighted by atomic mass is 10.1. The predicted molar refractivity (Wildman–Crippen MR) is 72.5 cm³/mol. The summed E-state index contributed by atoms with van der Waals surface area (Å²) in [5, 5.41) is 9.64. The van der Waals surface area contributed by atoms with Crippen LogP contribution < -0.4 is 4.72 Å². The van der Waals surface area contributed by atoms with Crippen molar-refractivity contribution >= 4 is 33.0 Å². The maximum Gasteiger partial charge on any atom is 0.252 e. The monoisotopic (exact) mass is 312 g/mol. The molecule has 0 radical (unpaired) electrons. The second-order valence-electron chi connectivity index (χ2n) is 4.47. The third-order valence-electron chi connectivity index (χ3n) is 2.22. The molecule has 0 aromatic carbocycles. The summed E-state index contributed by atoms with van der Waals surface area (Å²) in [5.41, 5.74) is 0.371. The van der Waals surface area contributed by atoms with Crippen LogP contribution in [0.4, 0.5) is 0 Å². The number of hydrogen-bond acceptors (Lipinski definition) is 5. The smallest absolute Gasteiger partial charge is 0.252 e. The van der Waals surface area contributed by atoms with Gasteiger partial charge in [0.05, 0.1) is 11.8 Å². The van der Waals surface area contributed by atoms with E-state index in [1.807, 2.05) is 13.8 Å². The van der Waals surface area contributed by atoms with E-state index in [1.165, 1.54) is 0 Å². The van der Waals surface area contributed by atoms with Crippen molar-refractivity contribution in [3.8, 4) is 0 Å². The molecule has 0 amide bonds. The first-order valence-electron chi connectivity index (χ1n) is 5.53. The molecule has 1 aromatic heterocycles. The van der Waals surface area contributed by atoms with Gasteiger partial charge >= 0.3 is 0 Å². The van der Waals surface area contributed by atoms with Crippen LogP contribution in [0.25, 0.3) is 0 Å². The Morgan fingerprint density at radius 1 is 1.50 bits per heavy atom. The number of aliphatic hydroxyl groups is 1. The Morgan fingerprint density at radius 3 is 2.56 bits per heavy atom. The number of sulfonamides is 1. The Labute approximate surface area is 116 Å². The van der Waals surface area contributed by atoms with Crippen LogP contribution in [0.2, 0.25) is 4.47 Å². The van der Waals surface area contributed by atoms with E-state index in [0.717, 1.165) is 11.3 Å². The van der Waals surface area contributed by atoms with E-state index < -0.39 is 16.1 Å². The Kier molecular flexibility index (Phi) is 5.54. The molecule has 1 atom stereocenters. The second kappa shape index (κ2) is 6.29. The second-order valence-corrected chi connectivity index (χ2v) is 8.02. The molecule has 0 aliphatic carbocycles. The number of thiazole rings is 1. The van der Waals surface area contributed by atoms with E-state index in [0.29, 0.717) is 18.0 Å². The first-order chi connectivity index (χ1) is 8.22. The van der Waals surface area contributed by atoms with Crippen molar-refractivity contribution < 1.29 is 13.5 Å². The van der Waals surface area contributed by atoms with Crippen LogP contribution in [0.15, 0.2) is 4.21 Å². The van der Waals surface area contributed by atoms with Gasteiger partial charge in [-0.3, -0.25) is 0 Å². The van der Waals surface area contributed by atoms with Crippen LogP contribution in [-0.4, -0.2) is 31.2 Å². The number of rotatable bonds is 6. The van der Waals surface area contributed by atoms with Crippen LogP contribution in [0.5, 0.6) is 0 Å². The zero-order valence-electron chi connectivity index (χ0n) is 10.5. The molecule has 5 nitrogen and oxygen atoms in total. The first-order valence-corrected chi connectivity index (χ1v) is 8.20. The summed E-state index contributed by atoms with van der Waals surface area (Å²) in [6.45, 7) is 5.51. The minimum atomic E-state index is -3.64. The van der Waals surface area contributed by atoms with Gasteiger partial charge in [-0.2, -0.15) is 0 Å². The van der Waals surface area contributed by atoms with E-state index in [9.17, 15) is 13.5 Å². The summed E-state index contributed by atoms with van der Waals surface area (Å²) >= 11 is 6.58. The maximum atomic E-state index is 11.9. The molecule has 0 aliphatic heterocycles. The number of nitrogens with one attached hydrogen (secondary N) is 1. The lowest BCUT2D eigenvalue weighted by molar-refractivity contribution is 0.152. The molecular weight excluding hydrogens is 296 g/mol. The average molecular weight is 313 g/mol. The van der Waals surface area contributed by atoms with Crippen molar-refractivity contribution in [2.45, 2.75) is 37.5 Å². The van der Waals surface area contributed by atoms with Crippen LogP contribution in [-0.2, 0) is 10.0 Å². The fraction of sp³-hybridized carbons (Fsp3) is 0.700. The van der Waals surface area contributed by atoms with E-state index >= 15 is 0 Å². The Hall–Kier alpha value is -0.210. The van der Waals surface area contributed by atoms with Crippen molar-refractivity contribution in [3.05, 3.63) is 10.2 Å². The summed E-state index contributed by atoms with van der Waals surface area (Å²) in [5.74, 6) is 0.309. The fourth-order valence-corrected chi connectivity index (χ4v) is 4.35. The standard InChI is InChI=1S/C10H17ClN2O3S2/c1-6(2)4-8(14)5-12-18(15,16)9-7(3)13-10(11)17-9/h6,8,12,14H,4-5H2,1-3H3. The van der Waals surface area contributed by atoms with Crippen molar-refractivity contribution in [2.24, 2.45) is 5.92 Å². The fourth-order valence-electron chi connectivity index (χ4n) is 1.50. The molecule has 0 aliphatic rings. The molecule has 18 heavy (non-hydrogen) atoms. The average Bonchev–Trinajstić information content (AvgIpc) is 2.55. The topological polar surface area (TPSA) is 79.3 Å². The lowest BCUT2D eigenvalue weighted by Gasteiger charge is -2.13. The Morgan fingerprint density at radius 2 is 2.11 bits per heavy atom. The third kappa shape index (κ3) is 4.47. The summed E-state index contributed by atoms with van der Waals surface area (Å²) in [7, 11) is -3.64. The number of halogens is 1. The quantitative estimate of drug-likeness (QED) is 0.839. The summed E-state index contributed by atoms with van der Waals surface area (Å²) < 4.78 is 26.6. The van der Waals surface area contributed by atoms with E-state index in [2.05, 4.69) is 9.71 Å². The molecule has 0 spiro atoms. The number of nitrogens with zero attached hydrogens (tertiary/aromatic N) is 1. The number of aromatic nitrogens is 1. The number of hydrogen-bond donors (Lipinski definition) is 2. The predicted octanol–water partition coefficient (Wildman–Crippen LogP) is 1.79.